The average molecular weight is 254 g/mol. The van der Waals surface area contributed by atoms with Crippen LogP contribution in [0.3, 0.4) is 0 Å². The van der Waals surface area contributed by atoms with Crippen molar-refractivity contribution in [2.45, 2.75) is 31.2 Å². The zero-order valence-corrected chi connectivity index (χ0v) is 10.0. The Labute approximate surface area is 94.0 Å². The van der Waals surface area contributed by atoms with Crippen LogP contribution in [0.25, 0.3) is 0 Å². The highest BCUT2D eigenvalue weighted by molar-refractivity contribution is 9.10. The summed E-state index contributed by atoms with van der Waals surface area (Å²) in [6, 6.07) is 9.44. The maximum absolute atomic E-state index is 3.53. The quantitative estimate of drug-likeness (QED) is 0.853. The van der Waals surface area contributed by atoms with Crippen molar-refractivity contribution in [2.75, 3.05) is 7.05 Å². The maximum atomic E-state index is 3.53. The van der Waals surface area contributed by atoms with Crippen molar-refractivity contribution in [1.29, 1.82) is 0 Å². The predicted molar refractivity (Wildman–Crippen MR) is 63.6 cm³/mol. The number of hydrogen-bond acceptors (Lipinski definition) is 1. The van der Waals surface area contributed by atoms with Crippen LogP contribution in [0.4, 0.5) is 0 Å². The molecule has 2 rings (SSSR count). The van der Waals surface area contributed by atoms with Gasteiger partial charge in [-0.25, -0.2) is 0 Å². The van der Waals surface area contributed by atoms with Gasteiger partial charge in [0.1, 0.15) is 0 Å². The summed E-state index contributed by atoms with van der Waals surface area (Å²) in [4.78, 5) is 0. The van der Waals surface area contributed by atoms with Crippen molar-refractivity contribution in [3.05, 3.63) is 34.3 Å². The molecule has 1 nitrogen and oxygen atoms in total. The van der Waals surface area contributed by atoms with Gasteiger partial charge in [0.05, 0.1) is 0 Å². The standard InChI is InChI=1S/C12H16BrN/c1-14-12-6-5-10(8-12)9-3-2-4-11(13)7-9/h2-4,7,10,12,14H,5-6,8H2,1H3. The fourth-order valence-electron chi connectivity index (χ4n) is 2.31. The van der Waals surface area contributed by atoms with Crippen molar-refractivity contribution in [3.63, 3.8) is 0 Å². The van der Waals surface area contributed by atoms with E-state index in [0.717, 1.165) is 12.0 Å². The van der Waals surface area contributed by atoms with Crippen molar-refractivity contribution >= 4 is 15.9 Å². The Bertz CT molecular complexity index is 311. The first-order valence-corrected chi connectivity index (χ1v) is 6.01. The molecule has 2 unspecified atom stereocenters. The monoisotopic (exact) mass is 253 g/mol. The molecule has 2 heteroatoms. The van der Waals surface area contributed by atoms with E-state index >= 15 is 0 Å². The van der Waals surface area contributed by atoms with Crippen LogP contribution < -0.4 is 5.32 Å². The lowest BCUT2D eigenvalue weighted by atomic mass is 9.98. The van der Waals surface area contributed by atoms with E-state index in [2.05, 4.69) is 52.6 Å². The van der Waals surface area contributed by atoms with Crippen molar-refractivity contribution in [1.82, 2.24) is 5.32 Å². The van der Waals surface area contributed by atoms with Gasteiger partial charge in [0.15, 0.2) is 0 Å². The summed E-state index contributed by atoms with van der Waals surface area (Å²) < 4.78 is 1.20. The summed E-state index contributed by atoms with van der Waals surface area (Å²) in [6.07, 6.45) is 3.92. The van der Waals surface area contributed by atoms with Crippen LogP contribution in [0.5, 0.6) is 0 Å². The zero-order chi connectivity index (χ0) is 9.97. The molecule has 1 fully saturated rings. The lowest BCUT2D eigenvalue weighted by Gasteiger charge is -2.11. The number of hydrogen-bond donors (Lipinski definition) is 1. The molecule has 1 aromatic carbocycles. The molecule has 0 spiro atoms. The predicted octanol–water partition coefficient (Wildman–Crippen LogP) is 3.30. The molecule has 0 bridgehead atoms. The van der Waals surface area contributed by atoms with Crippen molar-refractivity contribution < 1.29 is 0 Å². The van der Waals surface area contributed by atoms with Crippen LogP contribution in [0.2, 0.25) is 0 Å². The molecule has 0 saturated heterocycles. The fourth-order valence-corrected chi connectivity index (χ4v) is 2.72. The van der Waals surface area contributed by atoms with E-state index in [4.69, 9.17) is 0 Å². The number of benzene rings is 1. The molecule has 1 saturated carbocycles. The molecular weight excluding hydrogens is 238 g/mol. The van der Waals surface area contributed by atoms with Crippen LogP contribution in [0, 0.1) is 0 Å². The van der Waals surface area contributed by atoms with Gasteiger partial charge in [-0.15, -0.1) is 0 Å². The fraction of sp³-hybridized carbons (Fsp3) is 0.500. The van der Waals surface area contributed by atoms with Crippen LogP contribution >= 0.6 is 15.9 Å². The summed E-state index contributed by atoms with van der Waals surface area (Å²) in [7, 11) is 2.06. The lowest BCUT2D eigenvalue weighted by molar-refractivity contribution is 0.572. The molecule has 76 valence electrons. The third-order valence-corrected chi connectivity index (χ3v) is 3.65. The Kier molecular flexibility index (Phi) is 3.24. The Balaban J connectivity index is 2.09. The topological polar surface area (TPSA) is 12.0 Å². The molecule has 1 N–H and O–H groups in total. The van der Waals surface area contributed by atoms with Crippen LogP contribution in [0.1, 0.15) is 30.7 Å². The molecule has 1 aromatic rings. The van der Waals surface area contributed by atoms with E-state index in [1.165, 1.54) is 29.3 Å². The molecule has 0 aliphatic heterocycles. The first-order valence-electron chi connectivity index (χ1n) is 5.22. The van der Waals surface area contributed by atoms with E-state index in [9.17, 15) is 0 Å². The highest BCUT2D eigenvalue weighted by Gasteiger charge is 2.24. The maximum Gasteiger partial charge on any atom is 0.0178 e. The summed E-state index contributed by atoms with van der Waals surface area (Å²) >= 11 is 3.53. The highest BCUT2D eigenvalue weighted by atomic mass is 79.9. The van der Waals surface area contributed by atoms with E-state index in [1.54, 1.807) is 0 Å². The summed E-state index contributed by atoms with van der Waals surface area (Å²) in [5.74, 6) is 0.755. The summed E-state index contributed by atoms with van der Waals surface area (Å²) in [5, 5.41) is 3.37. The Morgan fingerprint density at radius 1 is 1.36 bits per heavy atom. The van der Waals surface area contributed by atoms with Crippen LogP contribution in [0.15, 0.2) is 28.7 Å². The van der Waals surface area contributed by atoms with Crippen LogP contribution in [-0.2, 0) is 0 Å². The minimum Gasteiger partial charge on any atom is -0.317 e. The molecule has 1 aliphatic carbocycles. The first kappa shape index (κ1) is 10.2. The molecule has 1 aliphatic rings. The molecule has 14 heavy (non-hydrogen) atoms. The minimum atomic E-state index is 0.721. The first-order chi connectivity index (χ1) is 6.79. The van der Waals surface area contributed by atoms with Gasteiger partial charge in [-0.1, -0.05) is 28.1 Å². The molecule has 0 heterocycles. The summed E-state index contributed by atoms with van der Waals surface area (Å²) in [6.45, 7) is 0. The number of nitrogens with one attached hydrogen (secondary N) is 1. The molecule has 2 atom stereocenters. The molecule has 0 amide bonds. The van der Waals surface area contributed by atoms with Gasteiger partial charge in [0.25, 0.3) is 0 Å². The summed E-state index contributed by atoms with van der Waals surface area (Å²) in [5.41, 5.74) is 1.48. The van der Waals surface area contributed by atoms with Gasteiger partial charge in [-0.2, -0.15) is 0 Å². The lowest BCUT2D eigenvalue weighted by Crippen LogP contribution is -2.21. The van der Waals surface area contributed by atoms with Gasteiger partial charge in [-0.05, 0) is 49.9 Å². The average Bonchev–Trinajstić information content (AvgIpc) is 2.66. The van der Waals surface area contributed by atoms with Gasteiger partial charge >= 0.3 is 0 Å². The van der Waals surface area contributed by atoms with E-state index < -0.39 is 0 Å². The third kappa shape index (κ3) is 2.18. The van der Waals surface area contributed by atoms with Gasteiger partial charge in [0.2, 0.25) is 0 Å². The second kappa shape index (κ2) is 4.45. The SMILES string of the molecule is CNC1CCC(c2cccc(Br)c2)C1. The van der Waals surface area contributed by atoms with Gasteiger partial charge in [-0.3, -0.25) is 0 Å². The van der Waals surface area contributed by atoms with E-state index in [0.29, 0.717) is 0 Å². The Morgan fingerprint density at radius 3 is 2.86 bits per heavy atom. The smallest absolute Gasteiger partial charge is 0.0178 e. The third-order valence-electron chi connectivity index (χ3n) is 3.16. The zero-order valence-electron chi connectivity index (χ0n) is 8.46. The molecular formula is C12H16BrN. The van der Waals surface area contributed by atoms with Crippen LogP contribution in [-0.4, -0.2) is 13.1 Å². The van der Waals surface area contributed by atoms with Gasteiger partial charge in [0, 0.05) is 10.5 Å². The largest absolute Gasteiger partial charge is 0.317 e. The number of halogens is 1. The minimum absolute atomic E-state index is 0.721. The van der Waals surface area contributed by atoms with E-state index in [-0.39, 0.29) is 0 Å². The molecule has 0 aromatic heterocycles. The van der Waals surface area contributed by atoms with E-state index in [1.807, 2.05) is 0 Å². The Hall–Kier alpha value is -0.340. The van der Waals surface area contributed by atoms with Crippen molar-refractivity contribution in [3.8, 4) is 0 Å². The molecule has 0 radical (unpaired) electrons. The van der Waals surface area contributed by atoms with Crippen molar-refractivity contribution in [2.24, 2.45) is 0 Å². The second-order valence-electron chi connectivity index (χ2n) is 4.05. The normalized spacial score (nSPS) is 26.7. The highest BCUT2D eigenvalue weighted by Crippen LogP contribution is 2.35. The Morgan fingerprint density at radius 2 is 2.21 bits per heavy atom. The second-order valence-corrected chi connectivity index (χ2v) is 4.97. The van der Waals surface area contributed by atoms with Gasteiger partial charge < -0.3 is 5.32 Å². The number of rotatable bonds is 2.